The number of benzene rings is 1. The minimum Gasteiger partial charge on any atom is -0.450 e. The van der Waals surface area contributed by atoms with E-state index in [1.54, 1.807) is 24.0 Å². The third kappa shape index (κ3) is 5.73. The van der Waals surface area contributed by atoms with Gasteiger partial charge >= 0.3 is 6.09 Å². The van der Waals surface area contributed by atoms with Crippen LogP contribution in [0, 0.1) is 5.82 Å². The van der Waals surface area contributed by atoms with Crippen LogP contribution in [0.5, 0.6) is 0 Å². The van der Waals surface area contributed by atoms with Gasteiger partial charge in [0.15, 0.2) is 0 Å². The van der Waals surface area contributed by atoms with Crippen LogP contribution in [-0.2, 0) is 9.53 Å². The van der Waals surface area contributed by atoms with Crippen LogP contribution in [0.1, 0.15) is 51.0 Å². The molecule has 0 bridgehead atoms. The number of piperidine rings is 1. The molecule has 1 aliphatic rings. The third-order valence-corrected chi connectivity index (χ3v) is 4.65. The minimum absolute atomic E-state index is 0.00533. The average Bonchev–Trinajstić information content (AvgIpc) is 2.61. The van der Waals surface area contributed by atoms with Gasteiger partial charge in [0.25, 0.3) is 0 Å². The average molecular weight is 350 g/mol. The molecule has 2 amide bonds. The first-order valence-corrected chi connectivity index (χ1v) is 9.00. The summed E-state index contributed by atoms with van der Waals surface area (Å²) in [6.45, 7) is 5.38. The molecule has 5 nitrogen and oxygen atoms in total. The molecule has 0 radical (unpaired) electrons. The van der Waals surface area contributed by atoms with Gasteiger partial charge < -0.3 is 15.0 Å². The van der Waals surface area contributed by atoms with Gasteiger partial charge in [-0.2, -0.15) is 0 Å². The molecule has 0 saturated carbocycles. The van der Waals surface area contributed by atoms with Crippen molar-refractivity contribution in [2.45, 2.75) is 51.5 Å². The quantitative estimate of drug-likeness (QED) is 0.855. The van der Waals surface area contributed by atoms with Gasteiger partial charge in [-0.3, -0.25) is 4.79 Å². The highest BCUT2D eigenvalue weighted by molar-refractivity contribution is 5.77. The maximum Gasteiger partial charge on any atom is 0.409 e. The zero-order chi connectivity index (χ0) is 18.2. The molecule has 0 aromatic heterocycles. The van der Waals surface area contributed by atoms with E-state index >= 15 is 0 Å². The van der Waals surface area contributed by atoms with Gasteiger partial charge in [-0.25, -0.2) is 9.18 Å². The highest BCUT2D eigenvalue weighted by Crippen LogP contribution is 2.23. The molecule has 1 aromatic rings. The van der Waals surface area contributed by atoms with Crippen molar-refractivity contribution in [1.29, 1.82) is 0 Å². The predicted molar refractivity (Wildman–Crippen MR) is 93.8 cm³/mol. The Balaban J connectivity index is 1.80. The molecule has 1 N–H and O–H groups in total. The van der Waals surface area contributed by atoms with E-state index in [0.717, 1.165) is 24.8 Å². The number of amides is 2. The van der Waals surface area contributed by atoms with Crippen LogP contribution in [0.3, 0.4) is 0 Å². The van der Waals surface area contributed by atoms with Gasteiger partial charge in [0, 0.05) is 25.6 Å². The van der Waals surface area contributed by atoms with Crippen LogP contribution in [0.25, 0.3) is 0 Å². The Morgan fingerprint density at radius 3 is 2.44 bits per heavy atom. The first-order valence-electron chi connectivity index (χ1n) is 9.00. The Kier molecular flexibility index (Phi) is 7.22. The number of likely N-dealkylation sites (tertiary alicyclic amines) is 1. The fraction of sp³-hybridized carbons (Fsp3) is 0.579. The minimum atomic E-state index is -0.283. The van der Waals surface area contributed by atoms with Gasteiger partial charge in [-0.05, 0) is 49.8 Å². The van der Waals surface area contributed by atoms with Crippen LogP contribution in [-0.4, -0.2) is 42.6 Å². The molecule has 6 heteroatoms. The molecule has 0 spiro atoms. The van der Waals surface area contributed by atoms with E-state index in [4.69, 9.17) is 4.74 Å². The molecule has 1 unspecified atom stereocenters. The SMILES string of the molecule is CCOC(=O)N1CCC(NC(=O)CC(CC)c2ccc(F)cc2)CC1. The third-order valence-electron chi connectivity index (χ3n) is 4.65. The Morgan fingerprint density at radius 1 is 1.24 bits per heavy atom. The summed E-state index contributed by atoms with van der Waals surface area (Å²) in [6.07, 6.45) is 2.39. The van der Waals surface area contributed by atoms with E-state index in [1.165, 1.54) is 12.1 Å². The molecule has 1 saturated heterocycles. The topological polar surface area (TPSA) is 58.6 Å². The predicted octanol–water partition coefficient (Wildman–Crippen LogP) is 3.45. The number of nitrogens with zero attached hydrogens (tertiary/aromatic N) is 1. The summed E-state index contributed by atoms with van der Waals surface area (Å²) in [5.74, 6) is -0.178. The van der Waals surface area contributed by atoms with Crippen LogP contribution in [0.4, 0.5) is 9.18 Å². The van der Waals surface area contributed by atoms with Gasteiger partial charge in [0.05, 0.1) is 6.61 Å². The fourth-order valence-corrected chi connectivity index (χ4v) is 3.16. The summed E-state index contributed by atoms with van der Waals surface area (Å²) in [5, 5.41) is 3.06. The molecule has 1 fully saturated rings. The highest BCUT2D eigenvalue weighted by Gasteiger charge is 2.25. The fourth-order valence-electron chi connectivity index (χ4n) is 3.16. The lowest BCUT2D eigenvalue weighted by molar-refractivity contribution is -0.122. The Hall–Kier alpha value is -2.11. The maximum absolute atomic E-state index is 13.0. The van der Waals surface area contributed by atoms with Crippen LogP contribution < -0.4 is 5.32 Å². The molecule has 25 heavy (non-hydrogen) atoms. The normalized spacial score (nSPS) is 16.4. The number of carbonyl (C=O) groups is 2. The Labute approximate surface area is 148 Å². The van der Waals surface area contributed by atoms with Crippen LogP contribution in [0.2, 0.25) is 0 Å². The van der Waals surface area contributed by atoms with Gasteiger partial charge in [-0.1, -0.05) is 19.1 Å². The molecule has 1 aliphatic heterocycles. The van der Waals surface area contributed by atoms with E-state index in [-0.39, 0.29) is 29.8 Å². The van der Waals surface area contributed by atoms with Crippen LogP contribution in [0.15, 0.2) is 24.3 Å². The molecular weight excluding hydrogens is 323 g/mol. The first-order chi connectivity index (χ1) is 12.0. The van der Waals surface area contributed by atoms with Crippen molar-refractivity contribution in [1.82, 2.24) is 10.2 Å². The number of halogens is 1. The standard InChI is InChI=1S/C19H27FN2O3/c1-3-14(15-5-7-16(20)8-6-15)13-18(23)21-17-9-11-22(12-10-17)19(24)25-4-2/h5-8,14,17H,3-4,9-13H2,1-2H3,(H,21,23). The lowest BCUT2D eigenvalue weighted by Gasteiger charge is -2.31. The molecule has 1 heterocycles. The van der Waals surface area contributed by atoms with Crippen molar-refractivity contribution >= 4 is 12.0 Å². The lowest BCUT2D eigenvalue weighted by atomic mass is 9.92. The second-order valence-electron chi connectivity index (χ2n) is 6.39. The molecule has 138 valence electrons. The summed E-state index contributed by atoms with van der Waals surface area (Å²) < 4.78 is 18.0. The van der Waals surface area contributed by atoms with E-state index in [0.29, 0.717) is 26.1 Å². The summed E-state index contributed by atoms with van der Waals surface area (Å²) in [6, 6.07) is 6.44. The van der Waals surface area contributed by atoms with Gasteiger partial charge in [-0.15, -0.1) is 0 Å². The second kappa shape index (κ2) is 9.39. The number of ether oxygens (including phenoxy) is 1. The van der Waals surface area contributed by atoms with Crippen molar-refractivity contribution in [3.8, 4) is 0 Å². The Morgan fingerprint density at radius 2 is 1.88 bits per heavy atom. The van der Waals surface area contributed by atoms with Crippen molar-refractivity contribution in [2.75, 3.05) is 19.7 Å². The van der Waals surface area contributed by atoms with Gasteiger partial charge in [0.1, 0.15) is 5.82 Å². The molecule has 1 aromatic carbocycles. The van der Waals surface area contributed by atoms with Crippen molar-refractivity contribution < 1.29 is 18.7 Å². The second-order valence-corrected chi connectivity index (χ2v) is 6.39. The van der Waals surface area contributed by atoms with E-state index in [2.05, 4.69) is 5.32 Å². The smallest absolute Gasteiger partial charge is 0.409 e. The lowest BCUT2D eigenvalue weighted by Crippen LogP contribution is -2.46. The number of rotatable bonds is 6. The monoisotopic (exact) mass is 350 g/mol. The highest BCUT2D eigenvalue weighted by atomic mass is 19.1. The first kappa shape index (κ1) is 19.2. The van der Waals surface area contributed by atoms with Crippen LogP contribution >= 0.6 is 0 Å². The zero-order valence-corrected chi connectivity index (χ0v) is 15.0. The summed E-state index contributed by atoms with van der Waals surface area (Å²) in [7, 11) is 0. The number of hydrogen-bond acceptors (Lipinski definition) is 3. The zero-order valence-electron chi connectivity index (χ0n) is 15.0. The van der Waals surface area contributed by atoms with Crippen molar-refractivity contribution in [2.24, 2.45) is 0 Å². The summed E-state index contributed by atoms with van der Waals surface area (Å²) in [5.41, 5.74) is 0.983. The van der Waals surface area contributed by atoms with Crippen molar-refractivity contribution in [3.63, 3.8) is 0 Å². The number of nitrogens with one attached hydrogen (secondary N) is 1. The molecule has 1 atom stereocenters. The largest absolute Gasteiger partial charge is 0.450 e. The van der Waals surface area contributed by atoms with E-state index in [1.807, 2.05) is 6.92 Å². The summed E-state index contributed by atoms with van der Waals surface area (Å²) >= 11 is 0. The van der Waals surface area contributed by atoms with Gasteiger partial charge in [0.2, 0.25) is 5.91 Å². The molecule has 2 rings (SSSR count). The molecular formula is C19H27FN2O3. The maximum atomic E-state index is 13.0. The van der Waals surface area contributed by atoms with E-state index < -0.39 is 0 Å². The number of hydrogen-bond donors (Lipinski definition) is 1. The van der Waals surface area contributed by atoms with E-state index in [9.17, 15) is 14.0 Å². The number of carbonyl (C=O) groups excluding carboxylic acids is 2. The molecule has 0 aliphatic carbocycles. The Bertz CT molecular complexity index is 569. The summed E-state index contributed by atoms with van der Waals surface area (Å²) in [4.78, 5) is 25.7. The van der Waals surface area contributed by atoms with Crippen molar-refractivity contribution in [3.05, 3.63) is 35.6 Å².